The SMILES string of the molecule is CC(=O)Oc1ccc(-c2cccc(C(=O)Nc3cccc4ccccc34)c2)cc1. The Morgan fingerprint density at radius 2 is 1.48 bits per heavy atom. The van der Waals surface area contributed by atoms with Crippen molar-refractivity contribution in [3.05, 3.63) is 96.6 Å². The molecule has 1 N–H and O–H groups in total. The molecule has 0 radical (unpaired) electrons. The van der Waals surface area contributed by atoms with Gasteiger partial charge in [-0.25, -0.2) is 0 Å². The number of benzene rings is 4. The average molecular weight is 381 g/mol. The van der Waals surface area contributed by atoms with Crippen molar-refractivity contribution >= 4 is 28.3 Å². The van der Waals surface area contributed by atoms with Crippen LogP contribution in [0, 0.1) is 0 Å². The quantitative estimate of drug-likeness (QED) is 0.365. The van der Waals surface area contributed by atoms with E-state index in [4.69, 9.17) is 4.74 Å². The summed E-state index contributed by atoms with van der Waals surface area (Å²) >= 11 is 0. The van der Waals surface area contributed by atoms with Crippen LogP contribution in [0.4, 0.5) is 5.69 Å². The summed E-state index contributed by atoms with van der Waals surface area (Å²) in [4.78, 5) is 23.9. The number of carbonyl (C=O) groups excluding carboxylic acids is 2. The first kappa shape index (κ1) is 18.4. The van der Waals surface area contributed by atoms with E-state index in [9.17, 15) is 9.59 Å². The van der Waals surface area contributed by atoms with Crippen LogP contribution in [0.3, 0.4) is 0 Å². The van der Waals surface area contributed by atoms with Gasteiger partial charge in [0.25, 0.3) is 5.91 Å². The summed E-state index contributed by atoms with van der Waals surface area (Å²) in [6, 6.07) is 28.4. The first-order valence-electron chi connectivity index (χ1n) is 9.28. The summed E-state index contributed by atoms with van der Waals surface area (Å²) in [7, 11) is 0. The molecule has 29 heavy (non-hydrogen) atoms. The van der Waals surface area contributed by atoms with Crippen molar-refractivity contribution in [1.82, 2.24) is 0 Å². The topological polar surface area (TPSA) is 55.4 Å². The number of carbonyl (C=O) groups is 2. The van der Waals surface area contributed by atoms with Crippen molar-refractivity contribution in [3.8, 4) is 16.9 Å². The Hall–Kier alpha value is -3.92. The number of esters is 1. The molecule has 0 fully saturated rings. The smallest absolute Gasteiger partial charge is 0.308 e. The fourth-order valence-corrected chi connectivity index (χ4v) is 3.25. The standard InChI is InChI=1S/C25H19NO3/c1-17(27)29-22-14-12-18(13-15-22)20-8-4-9-21(16-20)25(28)26-24-11-5-7-19-6-2-3-10-23(19)24/h2-16H,1H3,(H,26,28). The maximum absolute atomic E-state index is 12.8. The number of rotatable bonds is 4. The van der Waals surface area contributed by atoms with Gasteiger partial charge < -0.3 is 10.1 Å². The van der Waals surface area contributed by atoms with E-state index in [2.05, 4.69) is 5.32 Å². The van der Waals surface area contributed by atoms with Crippen LogP contribution in [0.2, 0.25) is 0 Å². The third-order valence-corrected chi connectivity index (χ3v) is 4.61. The molecule has 4 rings (SSSR count). The second kappa shape index (κ2) is 7.98. The zero-order valence-electron chi connectivity index (χ0n) is 15.9. The molecule has 0 aliphatic carbocycles. The number of hydrogen-bond acceptors (Lipinski definition) is 3. The average Bonchev–Trinajstić information content (AvgIpc) is 2.74. The van der Waals surface area contributed by atoms with Crippen molar-refractivity contribution in [2.24, 2.45) is 0 Å². The number of hydrogen-bond donors (Lipinski definition) is 1. The minimum absolute atomic E-state index is 0.167. The Morgan fingerprint density at radius 3 is 2.28 bits per heavy atom. The fourth-order valence-electron chi connectivity index (χ4n) is 3.25. The maximum Gasteiger partial charge on any atom is 0.308 e. The molecule has 0 bridgehead atoms. The van der Waals surface area contributed by atoms with Crippen molar-refractivity contribution in [3.63, 3.8) is 0 Å². The highest BCUT2D eigenvalue weighted by Crippen LogP contribution is 2.26. The second-order valence-corrected chi connectivity index (χ2v) is 6.68. The highest BCUT2D eigenvalue weighted by Gasteiger charge is 2.10. The van der Waals surface area contributed by atoms with Crippen molar-refractivity contribution in [2.45, 2.75) is 6.92 Å². The molecule has 0 atom stereocenters. The first-order valence-corrected chi connectivity index (χ1v) is 9.28. The van der Waals surface area contributed by atoms with Gasteiger partial charge in [-0.05, 0) is 46.8 Å². The van der Waals surface area contributed by atoms with Crippen molar-refractivity contribution in [1.29, 1.82) is 0 Å². The summed E-state index contributed by atoms with van der Waals surface area (Å²) in [6.45, 7) is 1.37. The van der Waals surface area contributed by atoms with Gasteiger partial charge in [0.2, 0.25) is 0 Å². The van der Waals surface area contributed by atoms with Gasteiger partial charge in [-0.3, -0.25) is 9.59 Å². The molecule has 0 saturated carbocycles. The number of fused-ring (bicyclic) bond motifs is 1. The molecule has 4 aromatic rings. The third-order valence-electron chi connectivity index (χ3n) is 4.61. The zero-order valence-corrected chi connectivity index (χ0v) is 15.9. The van der Waals surface area contributed by atoms with Gasteiger partial charge in [0.05, 0.1) is 0 Å². The van der Waals surface area contributed by atoms with Crippen LogP contribution < -0.4 is 10.1 Å². The Kier molecular flexibility index (Phi) is 5.08. The highest BCUT2D eigenvalue weighted by molar-refractivity contribution is 6.09. The molecule has 142 valence electrons. The highest BCUT2D eigenvalue weighted by atomic mass is 16.5. The minimum Gasteiger partial charge on any atom is -0.427 e. The molecule has 0 aromatic heterocycles. The summed E-state index contributed by atoms with van der Waals surface area (Å²) in [5.41, 5.74) is 3.19. The third kappa shape index (κ3) is 4.17. The summed E-state index contributed by atoms with van der Waals surface area (Å²) in [6.07, 6.45) is 0. The number of ether oxygens (including phenoxy) is 1. The molecule has 4 heteroatoms. The molecule has 0 unspecified atom stereocenters. The lowest BCUT2D eigenvalue weighted by Gasteiger charge is -2.10. The number of anilines is 1. The lowest BCUT2D eigenvalue weighted by molar-refractivity contribution is -0.131. The van der Waals surface area contributed by atoms with E-state index in [1.807, 2.05) is 72.8 Å². The van der Waals surface area contributed by atoms with Crippen molar-refractivity contribution < 1.29 is 14.3 Å². The second-order valence-electron chi connectivity index (χ2n) is 6.68. The maximum atomic E-state index is 12.8. The summed E-state index contributed by atoms with van der Waals surface area (Å²) < 4.78 is 5.07. The molecule has 0 saturated heterocycles. The molecule has 1 amide bonds. The van der Waals surface area contributed by atoms with Crippen LogP contribution in [0.5, 0.6) is 5.75 Å². The molecular formula is C25H19NO3. The van der Waals surface area contributed by atoms with E-state index >= 15 is 0 Å². The Labute approximate surface area is 168 Å². The Bertz CT molecular complexity index is 1190. The zero-order chi connectivity index (χ0) is 20.2. The Balaban J connectivity index is 1.58. The normalized spacial score (nSPS) is 10.5. The summed E-state index contributed by atoms with van der Waals surface area (Å²) in [5, 5.41) is 5.09. The van der Waals surface area contributed by atoms with Crippen LogP contribution in [-0.2, 0) is 4.79 Å². The Morgan fingerprint density at radius 1 is 0.759 bits per heavy atom. The van der Waals surface area contributed by atoms with Crippen LogP contribution in [0.25, 0.3) is 21.9 Å². The predicted molar refractivity (Wildman–Crippen MR) is 115 cm³/mol. The van der Waals surface area contributed by atoms with E-state index in [1.54, 1.807) is 18.2 Å². The van der Waals surface area contributed by atoms with Crippen LogP contribution in [-0.4, -0.2) is 11.9 Å². The van der Waals surface area contributed by atoms with E-state index in [-0.39, 0.29) is 11.9 Å². The van der Waals surface area contributed by atoms with E-state index < -0.39 is 0 Å². The largest absolute Gasteiger partial charge is 0.427 e. The van der Waals surface area contributed by atoms with E-state index in [0.29, 0.717) is 11.3 Å². The predicted octanol–water partition coefficient (Wildman–Crippen LogP) is 5.68. The molecule has 0 heterocycles. The van der Waals surface area contributed by atoms with Crippen LogP contribution >= 0.6 is 0 Å². The van der Waals surface area contributed by atoms with Gasteiger partial charge in [0.15, 0.2) is 0 Å². The molecule has 0 aliphatic heterocycles. The monoisotopic (exact) mass is 381 g/mol. The van der Waals surface area contributed by atoms with Gasteiger partial charge in [0, 0.05) is 23.6 Å². The molecule has 0 spiro atoms. The minimum atomic E-state index is -0.357. The van der Waals surface area contributed by atoms with Crippen LogP contribution in [0.1, 0.15) is 17.3 Å². The molecular weight excluding hydrogens is 362 g/mol. The fraction of sp³-hybridized carbons (Fsp3) is 0.0400. The van der Waals surface area contributed by atoms with Gasteiger partial charge in [-0.1, -0.05) is 60.7 Å². The molecule has 4 aromatic carbocycles. The van der Waals surface area contributed by atoms with Crippen LogP contribution in [0.15, 0.2) is 91.0 Å². The number of nitrogens with one attached hydrogen (secondary N) is 1. The van der Waals surface area contributed by atoms with Crippen molar-refractivity contribution in [2.75, 3.05) is 5.32 Å². The van der Waals surface area contributed by atoms with Gasteiger partial charge in [0.1, 0.15) is 5.75 Å². The lowest BCUT2D eigenvalue weighted by Crippen LogP contribution is -2.12. The van der Waals surface area contributed by atoms with Gasteiger partial charge >= 0.3 is 5.97 Å². The lowest BCUT2D eigenvalue weighted by atomic mass is 10.0. The molecule has 0 aliphatic rings. The van der Waals surface area contributed by atoms with E-state index in [0.717, 1.165) is 27.6 Å². The summed E-state index contributed by atoms with van der Waals surface area (Å²) in [5.74, 6) is -0.0318. The first-order chi connectivity index (χ1) is 14.1. The van der Waals surface area contributed by atoms with E-state index in [1.165, 1.54) is 6.92 Å². The van der Waals surface area contributed by atoms with Gasteiger partial charge in [-0.15, -0.1) is 0 Å². The van der Waals surface area contributed by atoms with Gasteiger partial charge in [-0.2, -0.15) is 0 Å². The molecule has 4 nitrogen and oxygen atoms in total. The number of amides is 1.